The third-order valence-electron chi connectivity index (χ3n) is 5.66. The van der Waals surface area contributed by atoms with Gasteiger partial charge in [-0.15, -0.1) is 5.10 Å². The minimum atomic E-state index is 0.354. The summed E-state index contributed by atoms with van der Waals surface area (Å²) in [5.41, 5.74) is 4.31. The van der Waals surface area contributed by atoms with Gasteiger partial charge in [-0.05, 0) is 25.1 Å². The molecule has 2 aliphatic heterocycles. The average molecular weight is 333 g/mol. The van der Waals surface area contributed by atoms with E-state index in [9.17, 15) is 0 Å². The lowest BCUT2D eigenvalue weighted by Gasteiger charge is -2.61. The van der Waals surface area contributed by atoms with Crippen LogP contribution in [0.2, 0.25) is 0 Å². The van der Waals surface area contributed by atoms with Crippen molar-refractivity contribution in [1.29, 1.82) is 0 Å². The van der Waals surface area contributed by atoms with Crippen LogP contribution < -0.4 is 4.90 Å². The lowest BCUT2D eigenvalue weighted by molar-refractivity contribution is 0.0360. The Morgan fingerprint density at radius 2 is 1.80 bits per heavy atom. The third kappa shape index (κ3) is 2.12. The van der Waals surface area contributed by atoms with Gasteiger partial charge in [-0.25, -0.2) is 9.50 Å². The van der Waals surface area contributed by atoms with Crippen molar-refractivity contribution in [2.24, 2.45) is 0 Å². The molecule has 1 aromatic carbocycles. The van der Waals surface area contributed by atoms with Gasteiger partial charge in [-0.2, -0.15) is 0 Å². The second kappa shape index (κ2) is 5.30. The van der Waals surface area contributed by atoms with Gasteiger partial charge in [-0.3, -0.25) is 4.90 Å². The second-order valence-corrected chi connectivity index (χ2v) is 7.55. The molecule has 5 rings (SSSR count). The van der Waals surface area contributed by atoms with Crippen LogP contribution in [0.5, 0.6) is 0 Å². The van der Waals surface area contributed by atoms with Crippen molar-refractivity contribution in [3.63, 3.8) is 0 Å². The number of nitrogens with zero attached hydrogens (tertiary/aromatic N) is 5. The molecule has 2 atom stereocenters. The molecule has 3 aromatic rings. The Hall–Kier alpha value is -2.40. The van der Waals surface area contributed by atoms with Gasteiger partial charge in [0.05, 0.1) is 17.4 Å². The number of imidazole rings is 1. The van der Waals surface area contributed by atoms with Gasteiger partial charge in [-0.1, -0.05) is 44.2 Å². The lowest BCUT2D eigenvalue weighted by Crippen LogP contribution is -2.78. The van der Waals surface area contributed by atoms with Crippen molar-refractivity contribution >= 4 is 11.5 Å². The molecule has 5 nitrogen and oxygen atoms in total. The van der Waals surface area contributed by atoms with E-state index in [4.69, 9.17) is 10.1 Å². The number of piperazine rings is 1. The van der Waals surface area contributed by atoms with Crippen molar-refractivity contribution in [2.45, 2.75) is 31.8 Å². The topological polar surface area (TPSA) is 36.7 Å². The van der Waals surface area contributed by atoms with Crippen LogP contribution in [0.4, 0.5) is 5.82 Å². The maximum Gasteiger partial charge on any atom is 0.154 e. The number of rotatable bonds is 3. The summed E-state index contributed by atoms with van der Waals surface area (Å²) in [7, 11) is 2.20. The first-order valence-electron chi connectivity index (χ1n) is 9.05. The highest BCUT2D eigenvalue weighted by Gasteiger charge is 2.50. The smallest absolute Gasteiger partial charge is 0.154 e. The highest BCUT2D eigenvalue weighted by Crippen LogP contribution is 2.36. The van der Waals surface area contributed by atoms with Crippen LogP contribution in [0.3, 0.4) is 0 Å². The summed E-state index contributed by atoms with van der Waals surface area (Å²) >= 11 is 0. The molecule has 2 fully saturated rings. The Balaban J connectivity index is 1.60. The van der Waals surface area contributed by atoms with Gasteiger partial charge in [0.25, 0.3) is 0 Å². The third-order valence-corrected chi connectivity index (χ3v) is 5.66. The average Bonchev–Trinajstić information content (AvgIpc) is 2.99. The largest absolute Gasteiger partial charge is 0.348 e. The molecule has 2 aliphatic rings. The van der Waals surface area contributed by atoms with Crippen LogP contribution in [-0.2, 0) is 0 Å². The van der Waals surface area contributed by atoms with Crippen molar-refractivity contribution in [1.82, 2.24) is 19.5 Å². The first-order chi connectivity index (χ1) is 12.1. The Kier molecular flexibility index (Phi) is 3.16. The van der Waals surface area contributed by atoms with Gasteiger partial charge < -0.3 is 4.90 Å². The SMILES string of the molecule is CC(C)c1c(-c2ccccc2)nc2ccc(N3C[C@H]4C3CN4C)nn12. The molecule has 0 aliphatic carbocycles. The summed E-state index contributed by atoms with van der Waals surface area (Å²) < 4.78 is 2.05. The van der Waals surface area contributed by atoms with Crippen molar-refractivity contribution in [3.8, 4) is 11.3 Å². The highest BCUT2D eigenvalue weighted by molar-refractivity contribution is 5.67. The summed E-state index contributed by atoms with van der Waals surface area (Å²) in [6.07, 6.45) is 0. The number of aromatic nitrogens is 3. The normalized spacial score (nSPS) is 22.8. The van der Waals surface area contributed by atoms with E-state index in [1.807, 2.05) is 6.07 Å². The molecule has 1 unspecified atom stereocenters. The number of fused-ring (bicyclic) bond motifs is 2. The number of anilines is 1. The van der Waals surface area contributed by atoms with Crippen molar-refractivity contribution in [2.75, 3.05) is 25.0 Å². The Morgan fingerprint density at radius 3 is 2.44 bits per heavy atom. The first-order valence-corrected chi connectivity index (χ1v) is 9.05. The van der Waals surface area contributed by atoms with E-state index in [1.165, 1.54) is 5.69 Å². The molecule has 0 radical (unpaired) electrons. The highest BCUT2D eigenvalue weighted by atomic mass is 15.5. The fourth-order valence-corrected chi connectivity index (χ4v) is 4.16. The zero-order chi connectivity index (χ0) is 17.1. The molecular weight excluding hydrogens is 310 g/mol. The Bertz CT molecular complexity index is 930. The van der Waals surface area contributed by atoms with Crippen LogP contribution in [0.25, 0.3) is 16.9 Å². The number of hydrogen-bond donors (Lipinski definition) is 0. The van der Waals surface area contributed by atoms with Gasteiger partial charge in [0.2, 0.25) is 0 Å². The van der Waals surface area contributed by atoms with Gasteiger partial charge in [0.15, 0.2) is 5.65 Å². The van der Waals surface area contributed by atoms with Gasteiger partial charge >= 0.3 is 0 Å². The fraction of sp³-hybridized carbons (Fsp3) is 0.400. The van der Waals surface area contributed by atoms with Gasteiger partial charge in [0.1, 0.15) is 5.82 Å². The molecule has 0 amide bonds. The van der Waals surface area contributed by atoms with Crippen molar-refractivity contribution in [3.05, 3.63) is 48.2 Å². The molecule has 0 N–H and O–H groups in total. The van der Waals surface area contributed by atoms with E-state index < -0.39 is 0 Å². The predicted octanol–water partition coefficient (Wildman–Crippen LogP) is 3.02. The van der Waals surface area contributed by atoms with Crippen LogP contribution >= 0.6 is 0 Å². The van der Waals surface area contributed by atoms with Crippen LogP contribution in [0.1, 0.15) is 25.5 Å². The minimum Gasteiger partial charge on any atom is -0.348 e. The zero-order valence-corrected chi connectivity index (χ0v) is 14.9. The monoisotopic (exact) mass is 333 g/mol. The van der Waals surface area contributed by atoms with Gasteiger partial charge in [0, 0.05) is 24.7 Å². The van der Waals surface area contributed by atoms with Crippen LogP contribution in [0.15, 0.2) is 42.5 Å². The summed E-state index contributed by atoms with van der Waals surface area (Å²) in [5, 5.41) is 4.97. The molecule has 0 spiro atoms. The summed E-state index contributed by atoms with van der Waals surface area (Å²) in [4.78, 5) is 9.73. The summed E-state index contributed by atoms with van der Waals surface area (Å²) in [6.45, 7) is 6.65. The quantitative estimate of drug-likeness (QED) is 0.738. The van der Waals surface area contributed by atoms with E-state index in [-0.39, 0.29) is 0 Å². The van der Waals surface area contributed by atoms with E-state index >= 15 is 0 Å². The molecule has 0 saturated carbocycles. The summed E-state index contributed by atoms with van der Waals surface area (Å²) in [6, 6.07) is 16.0. The molecule has 2 aromatic heterocycles. The minimum absolute atomic E-state index is 0.354. The Morgan fingerprint density at radius 1 is 1.00 bits per heavy atom. The molecule has 5 heteroatoms. The molecule has 128 valence electrons. The summed E-state index contributed by atoms with van der Waals surface area (Å²) in [5.74, 6) is 1.42. The second-order valence-electron chi connectivity index (χ2n) is 7.55. The number of hydrogen-bond acceptors (Lipinski definition) is 4. The van der Waals surface area contributed by atoms with Crippen LogP contribution in [-0.4, -0.2) is 51.7 Å². The zero-order valence-electron chi connectivity index (χ0n) is 14.9. The van der Waals surface area contributed by atoms with E-state index in [2.05, 4.69) is 71.6 Å². The van der Waals surface area contributed by atoms with E-state index in [1.54, 1.807) is 0 Å². The van der Waals surface area contributed by atoms with Crippen LogP contribution in [0, 0.1) is 0 Å². The predicted molar refractivity (Wildman–Crippen MR) is 100 cm³/mol. The fourth-order valence-electron chi connectivity index (χ4n) is 4.16. The number of likely N-dealkylation sites (tertiary alicyclic amines) is 1. The van der Waals surface area contributed by atoms with E-state index in [0.29, 0.717) is 18.0 Å². The maximum atomic E-state index is 4.97. The molecule has 4 heterocycles. The van der Waals surface area contributed by atoms with E-state index in [0.717, 1.165) is 35.8 Å². The number of benzene rings is 1. The van der Waals surface area contributed by atoms with Crippen molar-refractivity contribution < 1.29 is 0 Å². The number of likely N-dealkylation sites (N-methyl/N-ethyl adjacent to an activating group) is 1. The lowest BCUT2D eigenvalue weighted by atomic mass is 9.86. The first kappa shape index (κ1) is 14.9. The molecular formula is C20H23N5. The molecule has 25 heavy (non-hydrogen) atoms. The molecule has 0 bridgehead atoms. The molecule has 2 saturated heterocycles. The standard InChI is InChI=1S/C20H23N5/c1-13(2)20-19(14-7-5-4-6-8-14)21-17-9-10-18(22-25(17)20)24-12-15-16(24)11-23(15)3/h4-10,13,15-16H,11-12H2,1-3H3/t15-,16?/m0/s1. The Labute approximate surface area is 147 Å². The maximum absolute atomic E-state index is 4.97.